The Morgan fingerprint density at radius 1 is 1.41 bits per heavy atom. The summed E-state index contributed by atoms with van der Waals surface area (Å²) in [5.41, 5.74) is 0.679. The first kappa shape index (κ1) is 10.1. The molecule has 3 aromatic rings. The predicted molar refractivity (Wildman–Crippen MR) is 61.9 cm³/mol. The standard InChI is InChI=1S/C9H8N6OS/c1-10-8-13-6-5(4-12-15-6)7(14-8)17-9-11-2-3-16-9/h2-4H,1H3,(H2,10,12,13,14,15). The molecule has 3 aromatic heterocycles. The second kappa shape index (κ2) is 4.06. The van der Waals surface area contributed by atoms with Gasteiger partial charge in [0.25, 0.3) is 5.22 Å². The van der Waals surface area contributed by atoms with Crippen LogP contribution in [0.15, 0.2) is 33.3 Å². The van der Waals surface area contributed by atoms with Crippen molar-refractivity contribution in [3.05, 3.63) is 18.7 Å². The van der Waals surface area contributed by atoms with E-state index >= 15 is 0 Å². The fourth-order valence-corrected chi connectivity index (χ4v) is 2.12. The maximum Gasteiger partial charge on any atom is 0.261 e. The highest BCUT2D eigenvalue weighted by atomic mass is 32.2. The fourth-order valence-electron chi connectivity index (χ4n) is 1.34. The van der Waals surface area contributed by atoms with Gasteiger partial charge in [0, 0.05) is 7.05 Å². The zero-order chi connectivity index (χ0) is 11.7. The lowest BCUT2D eigenvalue weighted by atomic mass is 10.4. The predicted octanol–water partition coefficient (Wildman–Crippen LogP) is 1.53. The molecule has 0 aliphatic carbocycles. The Hall–Kier alpha value is -2.09. The van der Waals surface area contributed by atoms with E-state index in [2.05, 4.69) is 30.5 Å². The molecule has 7 nitrogen and oxygen atoms in total. The average Bonchev–Trinajstić information content (AvgIpc) is 2.98. The molecule has 17 heavy (non-hydrogen) atoms. The molecule has 0 fully saturated rings. The number of fused-ring (bicyclic) bond motifs is 1. The summed E-state index contributed by atoms with van der Waals surface area (Å²) in [5.74, 6) is 0.524. The molecule has 0 radical (unpaired) electrons. The molecule has 0 spiro atoms. The van der Waals surface area contributed by atoms with Gasteiger partial charge in [-0.2, -0.15) is 10.1 Å². The summed E-state index contributed by atoms with van der Waals surface area (Å²) < 4.78 is 5.18. The van der Waals surface area contributed by atoms with E-state index in [1.165, 1.54) is 18.0 Å². The van der Waals surface area contributed by atoms with Crippen LogP contribution in [0.2, 0.25) is 0 Å². The Morgan fingerprint density at radius 2 is 2.35 bits per heavy atom. The van der Waals surface area contributed by atoms with Crippen LogP contribution in [0.25, 0.3) is 11.0 Å². The van der Waals surface area contributed by atoms with Gasteiger partial charge in [0.1, 0.15) is 11.3 Å². The average molecular weight is 248 g/mol. The monoisotopic (exact) mass is 248 g/mol. The Bertz CT molecular complexity index is 634. The molecule has 0 aliphatic heterocycles. The maximum atomic E-state index is 5.18. The Kier molecular flexibility index (Phi) is 2.41. The van der Waals surface area contributed by atoms with Gasteiger partial charge in [-0.3, -0.25) is 5.10 Å². The highest BCUT2D eigenvalue weighted by molar-refractivity contribution is 7.99. The van der Waals surface area contributed by atoms with Gasteiger partial charge in [-0.1, -0.05) is 0 Å². The van der Waals surface area contributed by atoms with E-state index in [9.17, 15) is 0 Å². The molecule has 0 bridgehead atoms. The third kappa shape index (κ3) is 1.82. The highest BCUT2D eigenvalue weighted by Gasteiger charge is 2.12. The van der Waals surface area contributed by atoms with E-state index in [-0.39, 0.29) is 0 Å². The van der Waals surface area contributed by atoms with Crippen molar-refractivity contribution in [2.75, 3.05) is 12.4 Å². The number of nitrogens with zero attached hydrogens (tertiary/aromatic N) is 4. The van der Waals surface area contributed by atoms with E-state index in [0.29, 0.717) is 16.8 Å². The molecule has 0 unspecified atom stereocenters. The second-order valence-corrected chi connectivity index (χ2v) is 4.07. The fraction of sp³-hybridized carbons (Fsp3) is 0.111. The number of hydrogen-bond acceptors (Lipinski definition) is 7. The smallest absolute Gasteiger partial charge is 0.261 e. The first-order chi connectivity index (χ1) is 8.36. The summed E-state index contributed by atoms with van der Waals surface area (Å²) in [4.78, 5) is 12.6. The van der Waals surface area contributed by atoms with Crippen LogP contribution in [-0.4, -0.2) is 32.2 Å². The first-order valence-corrected chi connectivity index (χ1v) is 5.64. The van der Waals surface area contributed by atoms with Crippen molar-refractivity contribution < 1.29 is 4.42 Å². The van der Waals surface area contributed by atoms with Gasteiger partial charge in [0.05, 0.1) is 17.8 Å². The van der Waals surface area contributed by atoms with Gasteiger partial charge < -0.3 is 9.73 Å². The molecular formula is C9H8N6OS. The van der Waals surface area contributed by atoms with E-state index < -0.39 is 0 Å². The Balaban J connectivity index is 2.10. The number of aromatic amines is 1. The van der Waals surface area contributed by atoms with Crippen molar-refractivity contribution >= 4 is 28.7 Å². The molecule has 2 N–H and O–H groups in total. The Morgan fingerprint density at radius 3 is 3.12 bits per heavy atom. The number of anilines is 1. The summed E-state index contributed by atoms with van der Waals surface area (Å²) in [6.45, 7) is 0. The van der Waals surface area contributed by atoms with Crippen LogP contribution in [0.3, 0.4) is 0 Å². The minimum atomic E-state index is 0.524. The molecule has 3 rings (SSSR count). The van der Waals surface area contributed by atoms with Crippen LogP contribution in [0.5, 0.6) is 0 Å². The molecule has 8 heteroatoms. The van der Waals surface area contributed by atoms with Crippen molar-refractivity contribution in [2.45, 2.75) is 10.2 Å². The molecule has 3 heterocycles. The third-order valence-corrected chi connectivity index (χ3v) is 2.97. The van der Waals surface area contributed by atoms with Crippen LogP contribution in [0, 0.1) is 0 Å². The van der Waals surface area contributed by atoms with Crippen molar-refractivity contribution in [3.8, 4) is 0 Å². The van der Waals surface area contributed by atoms with E-state index in [1.807, 2.05) is 0 Å². The summed E-state index contributed by atoms with van der Waals surface area (Å²) in [6, 6.07) is 0. The number of oxazole rings is 1. The van der Waals surface area contributed by atoms with Gasteiger partial charge in [0.2, 0.25) is 5.95 Å². The van der Waals surface area contributed by atoms with Crippen LogP contribution >= 0.6 is 11.8 Å². The van der Waals surface area contributed by atoms with Crippen molar-refractivity contribution in [1.29, 1.82) is 0 Å². The lowest BCUT2D eigenvalue weighted by Crippen LogP contribution is -1.97. The topological polar surface area (TPSA) is 92.5 Å². The minimum Gasteiger partial charge on any atom is -0.440 e. The first-order valence-electron chi connectivity index (χ1n) is 4.83. The van der Waals surface area contributed by atoms with Crippen LogP contribution < -0.4 is 5.32 Å². The molecular weight excluding hydrogens is 240 g/mol. The van der Waals surface area contributed by atoms with Gasteiger partial charge in [-0.25, -0.2) is 9.97 Å². The number of nitrogens with one attached hydrogen (secondary N) is 2. The quantitative estimate of drug-likeness (QED) is 0.679. The third-order valence-electron chi connectivity index (χ3n) is 2.09. The molecule has 0 aromatic carbocycles. The van der Waals surface area contributed by atoms with Crippen LogP contribution in [-0.2, 0) is 0 Å². The second-order valence-electron chi connectivity index (χ2n) is 3.13. The lowest BCUT2D eigenvalue weighted by Gasteiger charge is -2.02. The largest absolute Gasteiger partial charge is 0.440 e. The zero-order valence-electron chi connectivity index (χ0n) is 8.84. The summed E-state index contributed by atoms with van der Waals surface area (Å²) in [7, 11) is 1.76. The Labute approximate surface area is 100 Å². The zero-order valence-corrected chi connectivity index (χ0v) is 9.65. The van der Waals surface area contributed by atoms with Gasteiger partial charge in [-0.05, 0) is 11.8 Å². The molecule has 0 atom stereocenters. The number of aromatic nitrogens is 5. The number of hydrogen-bond donors (Lipinski definition) is 2. The molecule has 0 saturated heterocycles. The van der Waals surface area contributed by atoms with Crippen LogP contribution in [0.1, 0.15) is 0 Å². The minimum absolute atomic E-state index is 0.524. The lowest BCUT2D eigenvalue weighted by molar-refractivity contribution is 0.454. The highest BCUT2D eigenvalue weighted by Crippen LogP contribution is 2.30. The molecule has 0 saturated carbocycles. The normalized spacial score (nSPS) is 10.9. The SMILES string of the molecule is CNc1nc(Sc2ncco2)c2cn[nH]c2n1. The molecule has 0 aliphatic rings. The van der Waals surface area contributed by atoms with Crippen LogP contribution in [0.4, 0.5) is 5.95 Å². The van der Waals surface area contributed by atoms with E-state index in [0.717, 1.165) is 10.4 Å². The van der Waals surface area contributed by atoms with Crippen molar-refractivity contribution in [1.82, 2.24) is 25.1 Å². The van der Waals surface area contributed by atoms with Gasteiger partial charge in [-0.15, -0.1) is 0 Å². The molecule has 86 valence electrons. The van der Waals surface area contributed by atoms with Gasteiger partial charge >= 0.3 is 0 Å². The number of H-pyrrole nitrogens is 1. The summed E-state index contributed by atoms with van der Waals surface area (Å²) >= 11 is 1.33. The summed E-state index contributed by atoms with van der Waals surface area (Å²) in [6.07, 6.45) is 4.80. The maximum absolute atomic E-state index is 5.18. The van der Waals surface area contributed by atoms with Crippen molar-refractivity contribution in [3.63, 3.8) is 0 Å². The summed E-state index contributed by atoms with van der Waals surface area (Å²) in [5, 5.41) is 11.8. The van der Waals surface area contributed by atoms with Crippen molar-refractivity contribution in [2.24, 2.45) is 0 Å². The van der Waals surface area contributed by atoms with E-state index in [1.54, 1.807) is 19.4 Å². The number of rotatable bonds is 3. The van der Waals surface area contributed by atoms with E-state index in [4.69, 9.17) is 4.42 Å². The molecule has 0 amide bonds. The van der Waals surface area contributed by atoms with Gasteiger partial charge in [0.15, 0.2) is 5.65 Å².